The molecule has 0 saturated heterocycles. The molecular formula is C2H5N2O+. The van der Waals surface area contributed by atoms with Crippen LogP contribution < -0.4 is 4.97 Å². The molecule has 0 rings (SSSR count). The first-order chi connectivity index (χ1) is 2.41. The molecule has 0 bridgehead atoms. The molecule has 0 saturated carbocycles. The number of hydrogen-bond acceptors (Lipinski definition) is 2. The second kappa shape index (κ2) is 3.31. The molecule has 0 aliphatic heterocycles. The van der Waals surface area contributed by atoms with Gasteiger partial charge in [-0.15, -0.1) is 0 Å². The standard InChI is InChI=1S/C2H5N2O/c1-2-3-4-5/h2H2,1H3/q+1. The fraction of sp³-hybridized carbons (Fsp3) is 1.00. The van der Waals surface area contributed by atoms with Crippen molar-refractivity contribution in [1.29, 1.82) is 0 Å². The maximum Gasteiger partial charge on any atom is 0.387 e. The summed E-state index contributed by atoms with van der Waals surface area (Å²) in [5.41, 5.74) is 0. The summed E-state index contributed by atoms with van der Waals surface area (Å²) < 4.78 is 0. The van der Waals surface area contributed by atoms with Crippen LogP contribution in [0, 0.1) is 4.91 Å². The summed E-state index contributed by atoms with van der Waals surface area (Å²) in [6.45, 7) is 2.24. The SMILES string of the molecule is CCN=[N+]=O. The molecule has 0 aliphatic carbocycles. The summed E-state index contributed by atoms with van der Waals surface area (Å²) in [4.78, 5) is 11.2. The van der Waals surface area contributed by atoms with E-state index in [9.17, 15) is 0 Å². The Bertz CT molecular complexity index is 54.7. The third kappa shape index (κ3) is 3.31. The van der Waals surface area contributed by atoms with Crippen LogP contribution >= 0.6 is 0 Å². The van der Waals surface area contributed by atoms with E-state index in [2.05, 4.69) is 10.1 Å². The summed E-state index contributed by atoms with van der Waals surface area (Å²) in [5.74, 6) is 0. The van der Waals surface area contributed by atoms with E-state index >= 15 is 0 Å². The van der Waals surface area contributed by atoms with Crippen LogP contribution in [-0.4, -0.2) is 6.54 Å². The van der Waals surface area contributed by atoms with Gasteiger partial charge >= 0.3 is 4.97 Å². The normalized spacial score (nSPS) is 5.80. The van der Waals surface area contributed by atoms with Gasteiger partial charge in [-0.3, -0.25) is 0 Å². The maximum absolute atomic E-state index is 8.99. The Labute approximate surface area is 29.7 Å². The monoisotopic (exact) mass is 73.0 g/mol. The Balaban J connectivity index is 2.93. The first-order valence-corrected chi connectivity index (χ1v) is 1.41. The molecule has 0 aromatic heterocycles. The summed E-state index contributed by atoms with van der Waals surface area (Å²) in [5, 5.41) is 3.04. The smallest absolute Gasteiger partial charge is 0.0382 e. The van der Waals surface area contributed by atoms with E-state index in [0.29, 0.717) is 6.54 Å². The highest BCUT2D eigenvalue weighted by Crippen LogP contribution is 1.51. The Morgan fingerprint density at radius 3 is 2.60 bits per heavy atom. The molecule has 0 aromatic carbocycles. The quantitative estimate of drug-likeness (QED) is 0.325. The van der Waals surface area contributed by atoms with E-state index in [1.54, 1.807) is 6.92 Å². The minimum Gasteiger partial charge on any atom is -0.0382 e. The fourth-order valence-corrected chi connectivity index (χ4v) is 0.0577. The molecule has 0 amide bonds. The van der Waals surface area contributed by atoms with Crippen LogP contribution in [0.1, 0.15) is 6.92 Å². The highest BCUT2D eigenvalue weighted by atomic mass is 16.3. The second-order valence-corrected chi connectivity index (χ2v) is 0.539. The van der Waals surface area contributed by atoms with Crippen molar-refractivity contribution in [2.45, 2.75) is 6.92 Å². The third-order valence-corrected chi connectivity index (χ3v) is 0.199. The molecule has 28 valence electrons. The summed E-state index contributed by atoms with van der Waals surface area (Å²) in [7, 11) is 0. The molecule has 0 spiro atoms. The van der Waals surface area contributed by atoms with Crippen molar-refractivity contribution in [2.75, 3.05) is 6.54 Å². The van der Waals surface area contributed by atoms with Gasteiger partial charge in [-0.05, 0) is 6.92 Å². The first kappa shape index (κ1) is 4.31. The van der Waals surface area contributed by atoms with Crippen molar-refractivity contribution in [3.63, 3.8) is 0 Å². The van der Waals surface area contributed by atoms with Gasteiger partial charge in [-0.2, -0.15) is 0 Å². The highest BCUT2D eigenvalue weighted by Gasteiger charge is 1.69. The molecule has 0 atom stereocenters. The molecule has 0 heterocycles. The minimum atomic E-state index is 0.490. The van der Waals surface area contributed by atoms with E-state index < -0.39 is 0 Å². The van der Waals surface area contributed by atoms with Crippen LogP contribution in [-0.2, 0) is 0 Å². The number of nitroso groups, excluding NO2 is 1. The van der Waals surface area contributed by atoms with Crippen LogP contribution in [0.3, 0.4) is 0 Å². The zero-order valence-electron chi connectivity index (χ0n) is 3.01. The van der Waals surface area contributed by atoms with Crippen LogP contribution in [0.4, 0.5) is 0 Å². The van der Waals surface area contributed by atoms with Gasteiger partial charge < -0.3 is 0 Å². The lowest BCUT2D eigenvalue weighted by molar-refractivity contribution is 0.989. The van der Waals surface area contributed by atoms with Crippen molar-refractivity contribution in [2.24, 2.45) is 5.11 Å². The van der Waals surface area contributed by atoms with Crippen LogP contribution in [0.5, 0.6) is 0 Å². The zero-order chi connectivity index (χ0) is 4.12. The topological polar surface area (TPSA) is 43.5 Å². The predicted molar refractivity (Wildman–Crippen MR) is 18.5 cm³/mol. The van der Waals surface area contributed by atoms with Crippen LogP contribution in [0.25, 0.3) is 0 Å². The molecule has 3 nitrogen and oxygen atoms in total. The fourth-order valence-electron chi connectivity index (χ4n) is 0.0577. The summed E-state index contributed by atoms with van der Waals surface area (Å²) in [6, 6.07) is 0. The van der Waals surface area contributed by atoms with Crippen molar-refractivity contribution in [3.8, 4) is 0 Å². The Morgan fingerprint density at radius 1 is 2.00 bits per heavy atom. The zero-order valence-corrected chi connectivity index (χ0v) is 3.01. The van der Waals surface area contributed by atoms with Gasteiger partial charge in [0.05, 0.1) is 0 Å². The first-order valence-electron chi connectivity index (χ1n) is 1.41. The van der Waals surface area contributed by atoms with E-state index in [1.807, 2.05) is 0 Å². The van der Waals surface area contributed by atoms with Crippen molar-refractivity contribution in [1.82, 2.24) is 4.97 Å². The lowest BCUT2D eigenvalue weighted by Crippen LogP contribution is -1.61. The molecule has 0 radical (unpaired) electrons. The largest absolute Gasteiger partial charge is 0.387 e. The lowest BCUT2D eigenvalue weighted by Gasteiger charge is -1.42. The van der Waals surface area contributed by atoms with E-state index in [4.69, 9.17) is 4.91 Å². The van der Waals surface area contributed by atoms with Crippen LogP contribution in [0.15, 0.2) is 5.11 Å². The Hall–Kier alpha value is -0.690. The van der Waals surface area contributed by atoms with Crippen LogP contribution in [0.2, 0.25) is 0 Å². The van der Waals surface area contributed by atoms with Gasteiger partial charge in [0.25, 0.3) is 0 Å². The highest BCUT2D eigenvalue weighted by molar-refractivity contribution is 4.13. The summed E-state index contributed by atoms with van der Waals surface area (Å²) in [6.07, 6.45) is 0. The van der Waals surface area contributed by atoms with Crippen molar-refractivity contribution in [3.05, 3.63) is 4.91 Å². The molecule has 3 heteroatoms. The van der Waals surface area contributed by atoms with Gasteiger partial charge in [0.15, 0.2) is 4.91 Å². The van der Waals surface area contributed by atoms with Gasteiger partial charge in [0, 0.05) is 0 Å². The second-order valence-electron chi connectivity index (χ2n) is 0.539. The maximum atomic E-state index is 8.99. The van der Waals surface area contributed by atoms with Crippen molar-refractivity contribution < 1.29 is 0 Å². The molecular weight excluding hydrogens is 68.0 g/mol. The Morgan fingerprint density at radius 2 is 2.60 bits per heavy atom. The van der Waals surface area contributed by atoms with E-state index in [0.717, 1.165) is 0 Å². The molecule has 0 aromatic rings. The van der Waals surface area contributed by atoms with E-state index in [-0.39, 0.29) is 0 Å². The molecule has 0 fully saturated rings. The third-order valence-electron chi connectivity index (χ3n) is 0.199. The molecule has 0 N–H and O–H groups in total. The average Bonchev–Trinajstić information content (AvgIpc) is 1.41. The van der Waals surface area contributed by atoms with E-state index in [1.165, 1.54) is 0 Å². The average molecular weight is 73.1 g/mol. The van der Waals surface area contributed by atoms with Gasteiger partial charge in [0.2, 0.25) is 0 Å². The molecule has 0 aliphatic rings. The molecule has 5 heavy (non-hydrogen) atoms. The lowest BCUT2D eigenvalue weighted by atomic mass is 10.8. The number of nitrogens with zero attached hydrogens (tertiary/aromatic N) is 2. The number of hydrogen-bond donors (Lipinski definition) is 0. The molecule has 0 unspecified atom stereocenters. The van der Waals surface area contributed by atoms with Gasteiger partial charge in [-0.1, -0.05) is 0 Å². The number of rotatable bonds is 1. The minimum absolute atomic E-state index is 0.490. The summed E-state index contributed by atoms with van der Waals surface area (Å²) >= 11 is 0. The van der Waals surface area contributed by atoms with Crippen molar-refractivity contribution >= 4 is 0 Å². The van der Waals surface area contributed by atoms with Gasteiger partial charge in [-0.25, -0.2) is 0 Å². The Kier molecular flexibility index (Phi) is 2.85. The van der Waals surface area contributed by atoms with Gasteiger partial charge in [0.1, 0.15) is 11.7 Å². The predicted octanol–water partition coefficient (Wildman–Crippen LogP) is 0.292.